The molecule has 66 valence electrons. The number of hydrogen-bond donors (Lipinski definition) is 0. The molecule has 1 aromatic rings. The van der Waals surface area contributed by atoms with Gasteiger partial charge in [0.1, 0.15) is 0 Å². The summed E-state index contributed by atoms with van der Waals surface area (Å²) >= 11 is 0. The zero-order chi connectivity index (χ0) is 8.72. The molecule has 2 rings (SSSR count). The minimum Gasteiger partial charge on any atom is -0.147 e. The fraction of sp³-hybridized carbons (Fsp3) is 0.333. The van der Waals surface area contributed by atoms with Gasteiger partial charge >= 0.3 is 0 Å². The molecule has 13 heavy (non-hydrogen) atoms. The van der Waals surface area contributed by atoms with E-state index in [4.69, 9.17) is 0 Å². The molecule has 0 aromatic heterocycles. The maximum atomic E-state index is 3.30. The van der Waals surface area contributed by atoms with E-state index >= 15 is 0 Å². The molecule has 1 aliphatic carbocycles. The molecule has 1 heteroatoms. The molecule has 0 N–H and O–H groups in total. The van der Waals surface area contributed by atoms with E-state index in [1.165, 1.54) is 22.3 Å². The monoisotopic (exact) mass is 205 g/mol. The van der Waals surface area contributed by atoms with Gasteiger partial charge in [-0.1, -0.05) is 20.8 Å². The molecule has 1 aliphatic rings. The third-order valence-corrected chi connectivity index (χ3v) is 2.97. The number of fused-ring (bicyclic) bond motifs is 1. The normalized spacial score (nSPS) is 19.8. The summed E-state index contributed by atoms with van der Waals surface area (Å²) in [7, 11) is 0. The Morgan fingerprint density at radius 2 is 2.00 bits per heavy atom. The number of rotatable bonds is 0. The van der Waals surface area contributed by atoms with Crippen LogP contribution < -0.4 is 0 Å². The molecule has 0 saturated heterocycles. The Labute approximate surface area is 94.9 Å². The SMILES string of the molecule is CC1=C(C)C(C)c2ccc[c-]c21.[Ti]. The van der Waals surface area contributed by atoms with E-state index in [0.717, 1.165) is 0 Å². The summed E-state index contributed by atoms with van der Waals surface area (Å²) in [6.45, 7) is 6.67. The van der Waals surface area contributed by atoms with E-state index < -0.39 is 0 Å². The summed E-state index contributed by atoms with van der Waals surface area (Å²) in [4.78, 5) is 0. The summed E-state index contributed by atoms with van der Waals surface area (Å²) in [5, 5.41) is 0. The van der Waals surface area contributed by atoms with E-state index in [-0.39, 0.29) is 21.7 Å². The first-order valence-electron chi connectivity index (χ1n) is 4.40. The van der Waals surface area contributed by atoms with Crippen LogP contribution in [0.4, 0.5) is 0 Å². The third-order valence-electron chi connectivity index (χ3n) is 2.97. The average Bonchev–Trinajstić information content (AvgIpc) is 2.33. The summed E-state index contributed by atoms with van der Waals surface area (Å²) in [5.74, 6) is 0.595. The maximum Gasteiger partial charge on any atom is 0 e. The van der Waals surface area contributed by atoms with E-state index in [0.29, 0.717) is 5.92 Å². The molecule has 0 aliphatic heterocycles. The van der Waals surface area contributed by atoms with Gasteiger partial charge in [0.05, 0.1) is 0 Å². The van der Waals surface area contributed by atoms with Gasteiger partial charge in [0.25, 0.3) is 0 Å². The van der Waals surface area contributed by atoms with Gasteiger partial charge < -0.3 is 0 Å². The summed E-state index contributed by atoms with van der Waals surface area (Å²) in [6.07, 6.45) is 0. The molecule has 0 fully saturated rings. The van der Waals surface area contributed by atoms with Gasteiger partial charge in [-0.3, -0.25) is 0 Å². The minimum absolute atomic E-state index is 0. The van der Waals surface area contributed by atoms with Crippen molar-refractivity contribution in [1.82, 2.24) is 0 Å². The smallest absolute Gasteiger partial charge is 0 e. The molecule has 0 amide bonds. The second-order valence-electron chi connectivity index (χ2n) is 3.53. The number of hydrogen-bond acceptors (Lipinski definition) is 0. The van der Waals surface area contributed by atoms with Gasteiger partial charge in [-0.25, -0.2) is 0 Å². The van der Waals surface area contributed by atoms with Gasteiger partial charge in [0.2, 0.25) is 0 Å². The van der Waals surface area contributed by atoms with Gasteiger partial charge in [0, 0.05) is 21.7 Å². The average molecular weight is 205 g/mol. The molecule has 1 unspecified atom stereocenters. The molecule has 0 bridgehead atoms. The van der Waals surface area contributed by atoms with Gasteiger partial charge in [-0.05, 0) is 5.92 Å². The van der Waals surface area contributed by atoms with Crippen LogP contribution in [0.2, 0.25) is 0 Å². The van der Waals surface area contributed by atoms with Gasteiger partial charge in [-0.2, -0.15) is 0 Å². The fourth-order valence-corrected chi connectivity index (χ4v) is 1.89. The van der Waals surface area contributed by atoms with Crippen molar-refractivity contribution in [3.8, 4) is 0 Å². The quantitative estimate of drug-likeness (QED) is 0.449. The van der Waals surface area contributed by atoms with Crippen molar-refractivity contribution in [2.75, 3.05) is 0 Å². The summed E-state index contributed by atoms with van der Waals surface area (Å²) in [6, 6.07) is 9.57. The van der Waals surface area contributed by atoms with Gasteiger partial charge in [-0.15, -0.1) is 46.5 Å². The molecule has 1 atom stereocenters. The standard InChI is InChI=1S/C12H13.Ti/c1-8-9(2)11-6-4-5-7-12(11)10(8)3;/h4-6,9H,1-3H3;/q-1;. The Bertz CT molecular complexity index is 350. The van der Waals surface area contributed by atoms with Crippen LogP contribution in [0.3, 0.4) is 0 Å². The van der Waals surface area contributed by atoms with E-state index in [9.17, 15) is 0 Å². The van der Waals surface area contributed by atoms with Crippen LogP contribution in [0, 0.1) is 6.07 Å². The van der Waals surface area contributed by atoms with Crippen LogP contribution >= 0.6 is 0 Å². The molecular formula is C12H13Ti-. The Morgan fingerprint density at radius 1 is 1.31 bits per heavy atom. The minimum atomic E-state index is 0. The van der Waals surface area contributed by atoms with Crippen molar-refractivity contribution in [2.45, 2.75) is 26.7 Å². The first-order valence-corrected chi connectivity index (χ1v) is 4.40. The topological polar surface area (TPSA) is 0 Å². The Kier molecular flexibility index (Phi) is 3.16. The Hall–Kier alpha value is -0.326. The van der Waals surface area contributed by atoms with E-state index in [1.807, 2.05) is 6.07 Å². The van der Waals surface area contributed by atoms with Crippen LogP contribution in [0.5, 0.6) is 0 Å². The third kappa shape index (κ3) is 1.54. The maximum absolute atomic E-state index is 3.30. The molecular weight excluding hydrogens is 192 g/mol. The summed E-state index contributed by atoms with van der Waals surface area (Å²) in [5.41, 5.74) is 5.67. The first kappa shape index (κ1) is 10.8. The second-order valence-corrected chi connectivity index (χ2v) is 3.53. The van der Waals surface area contributed by atoms with Crippen LogP contribution in [0.25, 0.3) is 5.57 Å². The van der Waals surface area contributed by atoms with Crippen molar-refractivity contribution in [1.29, 1.82) is 0 Å². The van der Waals surface area contributed by atoms with Crippen molar-refractivity contribution in [2.24, 2.45) is 0 Å². The van der Waals surface area contributed by atoms with E-state index in [2.05, 4.69) is 39.0 Å². The van der Waals surface area contributed by atoms with Crippen LogP contribution in [0.1, 0.15) is 37.8 Å². The molecule has 0 heterocycles. The number of allylic oxidation sites excluding steroid dienone is 2. The van der Waals surface area contributed by atoms with Crippen molar-refractivity contribution < 1.29 is 21.7 Å². The second kappa shape index (κ2) is 3.81. The van der Waals surface area contributed by atoms with Crippen LogP contribution in [0.15, 0.2) is 23.8 Å². The predicted octanol–water partition coefficient (Wildman–Crippen LogP) is 3.39. The van der Waals surface area contributed by atoms with Crippen molar-refractivity contribution >= 4 is 5.57 Å². The molecule has 1 aromatic carbocycles. The molecule has 0 saturated carbocycles. The fourth-order valence-electron chi connectivity index (χ4n) is 1.89. The molecule has 0 nitrogen and oxygen atoms in total. The van der Waals surface area contributed by atoms with Crippen LogP contribution in [-0.2, 0) is 21.7 Å². The predicted molar refractivity (Wildman–Crippen MR) is 52.0 cm³/mol. The summed E-state index contributed by atoms with van der Waals surface area (Å²) < 4.78 is 0. The van der Waals surface area contributed by atoms with Gasteiger partial charge in [0.15, 0.2) is 0 Å². The molecule has 0 radical (unpaired) electrons. The van der Waals surface area contributed by atoms with E-state index in [1.54, 1.807) is 0 Å². The first-order chi connectivity index (χ1) is 5.72. The largest absolute Gasteiger partial charge is 0.147 e. The number of benzene rings is 1. The molecule has 0 spiro atoms. The van der Waals surface area contributed by atoms with Crippen molar-refractivity contribution in [3.63, 3.8) is 0 Å². The zero-order valence-electron chi connectivity index (χ0n) is 8.31. The zero-order valence-corrected chi connectivity index (χ0v) is 9.87. The van der Waals surface area contributed by atoms with Crippen molar-refractivity contribution in [3.05, 3.63) is 41.0 Å². The Balaban J connectivity index is 0.000000845. The van der Waals surface area contributed by atoms with Crippen LogP contribution in [-0.4, -0.2) is 0 Å². The Morgan fingerprint density at radius 3 is 2.62 bits per heavy atom.